The van der Waals surface area contributed by atoms with Crippen LogP contribution in [0, 0.1) is 0 Å². The first-order chi connectivity index (χ1) is 12.7. The van der Waals surface area contributed by atoms with Gasteiger partial charge in [-0.25, -0.2) is 0 Å². The molecular weight excluding hydrogens is 350 g/mol. The fourth-order valence-corrected chi connectivity index (χ4v) is 3.42. The van der Waals surface area contributed by atoms with E-state index in [4.69, 9.17) is 9.47 Å². The fourth-order valence-electron chi connectivity index (χ4n) is 2.72. The number of aryl methyl sites for hydroxylation is 1. The molecular formula is C19H21N3O3S. The number of nitrogens with one attached hydrogen (secondary N) is 2. The summed E-state index contributed by atoms with van der Waals surface area (Å²) >= 11 is 1.57. The second-order valence-corrected chi connectivity index (χ2v) is 6.69. The molecule has 0 fully saturated rings. The van der Waals surface area contributed by atoms with Crippen LogP contribution in [0.1, 0.15) is 17.5 Å². The van der Waals surface area contributed by atoms with Crippen molar-refractivity contribution in [3.05, 3.63) is 46.3 Å². The zero-order valence-corrected chi connectivity index (χ0v) is 15.8. The van der Waals surface area contributed by atoms with Crippen molar-refractivity contribution in [2.75, 3.05) is 19.5 Å². The summed E-state index contributed by atoms with van der Waals surface area (Å²) in [5.74, 6) is 1.19. The number of methoxy groups -OCH3 is 2. The van der Waals surface area contributed by atoms with Gasteiger partial charge in [-0.2, -0.15) is 5.10 Å². The van der Waals surface area contributed by atoms with Gasteiger partial charge in [0.2, 0.25) is 5.91 Å². The number of anilines is 1. The summed E-state index contributed by atoms with van der Waals surface area (Å²) in [6.45, 7) is 2.01. The second-order valence-electron chi connectivity index (χ2n) is 5.65. The number of carbonyl (C=O) groups is 1. The Morgan fingerprint density at radius 2 is 2.04 bits per heavy atom. The van der Waals surface area contributed by atoms with Gasteiger partial charge in [0.1, 0.15) is 5.69 Å². The Bertz CT molecular complexity index is 888. The minimum atomic E-state index is -0.0646. The van der Waals surface area contributed by atoms with Gasteiger partial charge in [0, 0.05) is 10.4 Å². The average molecular weight is 371 g/mol. The Balaban J connectivity index is 1.91. The second kappa shape index (κ2) is 8.05. The van der Waals surface area contributed by atoms with Crippen LogP contribution in [0.3, 0.4) is 0 Å². The van der Waals surface area contributed by atoms with Gasteiger partial charge in [0.15, 0.2) is 11.5 Å². The first kappa shape index (κ1) is 18.0. The molecule has 0 atom stereocenters. The number of amides is 1. The molecule has 3 aromatic rings. The van der Waals surface area contributed by atoms with Gasteiger partial charge < -0.3 is 14.8 Å². The zero-order valence-electron chi connectivity index (χ0n) is 15.0. The van der Waals surface area contributed by atoms with Gasteiger partial charge in [-0.1, -0.05) is 13.0 Å². The predicted molar refractivity (Wildman–Crippen MR) is 103 cm³/mol. The van der Waals surface area contributed by atoms with E-state index in [1.54, 1.807) is 25.6 Å². The molecule has 26 heavy (non-hydrogen) atoms. The lowest BCUT2D eigenvalue weighted by atomic mass is 10.1. The number of carbonyl (C=O) groups excluding carboxylic acids is 1. The van der Waals surface area contributed by atoms with Crippen LogP contribution in [0.25, 0.3) is 11.3 Å². The summed E-state index contributed by atoms with van der Waals surface area (Å²) in [7, 11) is 3.19. The highest BCUT2D eigenvalue weighted by molar-refractivity contribution is 7.10. The van der Waals surface area contributed by atoms with E-state index in [0.717, 1.165) is 22.6 Å². The number of hydrogen-bond donors (Lipinski definition) is 2. The molecule has 2 heterocycles. The van der Waals surface area contributed by atoms with Crippen LogP contribution in [0.2, 0.25) is 0 Å². The monoisotopic (exact) mass is 371 g/mol. The first-order valence-electron chi connectivity index (χ1n) is 8.28. The molecule has 0 spiro atoms. The van der Waals surface area contributed by atoms with Crippen LogP contribution in [0.5, 0.6) is 11.5 Å². The van der Waals surface area contributed by atoms with E-state index in [2.05, 4.69) is 15.5 Å². The Hall–Kier alpha value is -2.80. The number of thiophene rings is 1. The van der Waals surface area contributed by atoms with Crippen molar-refractivity contribution < 1.29 is 14.3 Å². The predicted octanol–water partition coefficient (Wildman–Crippen LogP) is 3.90. The number of hydrogen-bond acceptors (Lipinski definition) is 5. The highest BCUT2D eigenvalue weighted by Crippen LogP contribution is 2.35. The zero-order chi connectivity index (χ0) is 18.5. The van der Waals surface area contributed by atoms with Crippen LogP contribution >= 0.6 is 11.3 Å². The lowest BCUT2D eigenvalue weighted by molar-refractivity contribution is -0.115. The highest BCUT2D eigenvalue weighted by Gasteiger charge is 2.18. The molecule has 2 aromatic heterocycles. The van der Waals surface area contributed by atoms with Crippen LogP contribution in [0.15, 0.2) is 35.7 Å². The molecule has 0 bridgehead atoms. The van der Waals surface area contributed by atoms with E-state index in [-0.39, 0.29) is 5.91 Å². The molecule has 1 aromatic carbocycles. The highest BCUT2D eigenvalue weighted by atomic mass is 32.1. The molecule has 0 aliphatic rings. The molecule has 2 N–H and O–H groups in total. The molecule has 0 saturated carbocycles. The first-order valence-corrected chi connectivity index (χ1v) is 9.16. The minimum Gasteiger partial charge on any atom is -0.493 e. The van der Waals surface area contributed by atoms with E-state index in [0.29, 0.717) is 29.3 Å². The Morgan fingerprint density at radius 1 is 1.23 bits per heavy atom. The molecule has 0 aliphatic heterocycles. The van der Waals surface area contributed by atoms with Crippen molar-refractivity contribution in [1.29, 1.82) is 0 Å². The van der Waals surface area contributed by atoms with E-state index in [1.807, 2.05) is 42.6 Å². The standard InChI is InChI=1S/C19H21N3O3S/c1-4-14-19(20-17(23)11-13-6-5-9-26-13)18(22-21-14)12-7-8-15(24-2)16(10-12)25-3/h5-10H,4,11H2,1-3H3,(H,20,23)(H,21,22). The van der Waals surface area contributed by atoms with Crippen LogP contribution in [-0.2, 0) is 17.6 Å². The lowest BCUT2D eigenvalue weighted by Crippen LogP contribution is -2.15. The molecule has 0 unspecified atom stereocenters. The number of aromatic nitrogens is 2. The third kappa shape index (κ3) is 3.72. The van der Waals surface area contributed by atoms with E-state index in [9.17, 15) is 4.79 Å². The largest absolute Gasteiger partial charge is 0.493 e. The minimum absolute atomic E-state index is 0.0646. The number of rotatable bonds is 7. The van der Waals surface area contributed by atoms with Gasteiger partial charge >= 0.3 is 0 Å². The Labute approximate surface area is 156 Å². The van der Waals surface area contributed by atoms with Crippen molar-refractivity contribution >= 4 is 22.9 Å². The lowest BCUT2D eigenvalue weighted by Gasteiger charge is -2.11. The van der Waals surface area contributed by atoms with Crippen molar-refractivity contribution in [2.45, 2.75) is 19.8 Å². The SMILES string of the molecule is CCc1[nH]nc(-c2ccc(OC)c(OC)c2)c1NC(=O)Cc1cccs1. The summed E-state index contributed by atoms with van der Waals surface area (Å²) in [4.78, 5) is 13.5. The number of nitrogens with zero attached hydrogens (tertiary/aromatic N) is 1. The maximum atomic E-state index is 12.5. The number of benzene rings is 1. The normalized spacial score (nSPS) is 10.6. The van der Waals surface area contributed by atoms with Crippen LogP contribution in [0.4, 0.5) is 5.69 Å². The van der Waals surface area contributed by atoms with E-state index >= 15 is 0 Å². The Morgan fingerprint density at radius 3 is 2.69 bits per heavy atom. The molecule has 1 amide bonds. The fraction of sp³-hybridized carbons (Fsp3) is 0.263. The van der Waals surface area contributed by atoms with Gasteiger partial charge in [-0.15, -0.1) is 11.3 Å². The third-order valence-electron chi connectivity index (χ3n) is 4.03. The summed E-state index contributed by atoms with van der Waals surface area (Å²) in [6, 6.07) is 9.47. The van der Waals surface area contributed by atoms with Crippen LogP contribution < -0.4 is 14.8 Å². The van der Waals surface area contributed by atoms with Crippen molar-refractivity contribution in [3.8, 4) is 22.8 Å². The molecule has 0 radical (unpaired) electrons. The summed E-state index contributed by atoms with van der Waals surface area (Å²) in [6.07, 6.45) is 1.08. The number of ether oxygens (including phenoxy) is 2. The van der Waals surface area contributed by atoms with Gasteiger partial charge in [-0.3, -0.25) is 9.89 Å². The Kier molecular flexibility index (Phi) is 5.58. The maximum Gasteiger partial charge on any atom is 0.229 e. The van der Waals surface area contributed by atoms with Gasteiger partial charge in [0.25, 0.3) is 0 Å². The molecule has 7 heteroatoms. The molecule has 3 rings (SSSR count). The molecule has 0 aliphatic carbocycles. The molecule has 6 nitrogen and oxygen atoms in total. The average Bonchev–Trinajstić information content (AvgIpc) is 3.30. The smallest absolute Gasteiger partial charge is 0.229 e. The van der Waals surface area contributed by atoms with Crippen molar-refractivity contribution in [3.63, 3.8) is 0 Å². The van der Waals surface area contributed by atoms with Crippen molar-refractivity contribution in [2.24, 2.45) is 0 Å². The number of H-pyrrole nitrogens is 1. The maximum absolute atomic E-state index is 12.5. The van der Waals surface area contributed by atoms with Gasteiger partial charge in [-0.05, 0) is 36.1 Å². The van der Waals surface area contributed by atoms with Crippen LogP contribution in [-0.4, -0.2) is 30.3 Å². The topological polar surface area (TPSA) is 76.2 Å². The summed E-state index contributed by atoms with van der Waals surface area (Å²) in [5.41, 5.74) is 3.11. The molecule has 0 saturated heterocycles. The summed E-state index contributed by atoms with van der Waals surface area (Å²) in [5, 5.41) is 12.4. The quantitative estimate of drug-likeness (QED) is 0.660. The van der Waals surface area contributed by atoms with E-state index < -0.39 is 0 Å². The van der Waals surface area contributed by atoms with Crippen molar-refractivity contribution in [1.82, 2.24) is 10.2 Å². The molecule has 136 valence electrons. The van der Waals surface area contributed by atoms with E-state index in [1.165, 1.54) is 0 Å². The third-order valence-corrected chi connectivity index (χ3v) is 4.91. The number of aromatic amines is 1. The summed E-state index contributed by atoms with van der Waals surface area (Å²) < 4.78 is 10.7. The van der Waals surface area contributed by atoms with Gasteiger partial charge in [0.05, 0.1) is 32.0 Å².